The van der Waals surface area contributed by atoms with E-state index in [0.717, 1.165) is 44.5 Å². The molecule has 0 spiro atoms. The average molecular weight is 907 g/mol. The molecule has 68 heavy (non-hydrogen) atoms. The van der Waals surface area contributed by atoms with Gasteiger partial charge >= 0.3 is 0 Å². The highest BCUT2D eigenvalue weighted by atomic mass is 16.6. The van der Waals surface area contributed by atoms with E-state index in [1.165, 1.54) is 0 Å². The van der Waals surface area contributed by atoms with Gasteiger partial charge in [0, 0.05) is 35.4 Å². The second kappa shape index (κ2) is 22.1. The van der Waals surface area contributed by atoms with Crippen LogP contribution in [0.25, 0.3) is 0 Å². The minimum atomic E-state index is -0.735. The summed E-state index contributed by atoms with van der Waals surface area (Å²) in [6, 6.07) is 64.0. The molecule has 0 radical (unpaired) electrons. The Morgan fingerprint density at radius 3 is 1.29 bits per heavy atom. The lowest BCUT2D eigenvalue weighted by Crippen LogP contribution is -2.38. The predicted octanol–water partition coefficient (Wildman–Crippen LogP) is 12.9. The molecule has 1 aliphatic rings. The molecule has 8 aromatic carbocycles. The normalized spacial score (nSPS) is 15.0. The highest BCUT2D eigenvalue weighted by Gasteiger charge is 2.46. The van der Waals surface area contributed by atoms with Crippen LogP contribution in [-0.4, -0.2) is 27.4 Å². The van der Waals surface area contributed by atoms with E-state index in [9.17, 15) is 0 Å². The summed E-state index contributed by atoms with van der Waals surface area (Å²) in [5.41, 5.74) is 7.33. The van der Waals surface area contributed by atoms with Crippen LogP contribution in [0.4, 0.5) is 0 Å². The van der Waals surface area contributed by atoms with Gasteiger partial charge in [0.15, 0.2) is 17.6 Å². The van der Waals surface area contributed by atoms with Crippen LogP contribution >= 0.6 is 0 Å². The Morgan fingerprint density at radius 2 is 0.809 bits per heavy atom. The molecule has 0 fully saturated rings. The Morgan fingerprint density at radius 1 is 0.368 bits per heavy atom. The summed E-state index contributed by atoms with van der Waals surface area (Å²) in [7, 11) is 4.91. The SMILES string of the molecule is COc1cc(OC)c([C@@H]2c3c(OCc4ccccc4)cc(OCc4ccccc4)cc3OC(c3ccc(OCc4ccccc4)c(OCc4ccccc4)c3)C2OCc2ccccc2)c(OC)c1. The lowest BCUT2D eigenvalue weighted by molar-refractivity contribution is -0.0576. The number of benzene rings is 8. The molecule has 0 saturated carbocycles. The Bertz CT molecular complexity index is 2820. The molecule has 8 aromatic rings. The molecule has 0 bridgehead atoms. The molecule has 2 unspecified atom stereocenters. The maximum Gasteiger partial charge on any atom is 0.162 e. The fraction of sp³-hybridized carbons (Fsp3) is 0.186. The van der Waals surface area contributed by atoms with Crippen LogP contribution in [0.3, 0.4) is 0 Å². The zero-order valence-electron chi connectivity index (χ0n) is 38.4. The minimum absolute atomic E-state index is 0.270. The van der Waals surface area contributed by atoms with E-state index in [1.54, 1.807) is 21.3 Å². The van der Waals surface area contributed by atoms with Gasteiger partial charge in [0.1, 0.15) is 67.0 Å². The molecule has 0 saturated heterocycles. The quantitative estimate of drug-likeness (QED) is 0.0742. The third-order valence-corrected chi connectivity index (χ3v) is 11.9. The molecule has 9 nitrogen and oxygen atoms in total. The molecule has 1 heterocycles. The van der Waals surface area contributed by atoms with Gasteiger partial charge in [-0.05, 0) is 45.5 Å². The molecule has 9 rings (SSSR count). The Kier molecular flexibility index (Phi) is 14.7. The fourth-order valence-corrected chi connectivity index (χ4v) is 8.46. The fourth-order valence-electron chi connectivity index (χ4n) is 8.46. The standard InChI is InChI=1S/C59H54O9/c1-60-47-32-51(61-2)55(52(33-47)62-3)57-56-53(66-39-44-25-15-7-16-26-44)34-48(63-36-41-19-9-4-10-20-41)35-54(56)68-58(59(57)67-40-45-27-17-8-18-28-45)46-29-30-49(64-37-42-21-11-5-12-22-42)50(31-46)65-38-43-23-13-6-14-24-43/h4-35,57-59H,36-40H2,1-3H3/t57-,58?,59?/m1/s1. The van der Waals surface area contributed by atoms with Gasteiger partial charge in [-0.25, -0.2) is 0 Å². The molecule has 344 valence electrons. The van der Waals surface area contributed by atoms with Crippen molar-refractivity contribution in [3.05, 3.63) is 239 Å². The molecule has 0 amide bonds. The van der Waals surface area contributed by atoms with E-state index in [2.05, 4.69) is 12.1 Å². The van der Waals surface area contributed by atoms with Crippen LogP contribution in [0.2, 0.25) is 0 Å². The summed E-state index contributed by atoms with van der Waals surface area (Å²) in [6.07, 6.45) is -1.45. The van der Waals surface area contributed by atoms with Crippen molar-refractivity contribution >= 4 is 0 Å². The van der Waals surface area contributed by atoms with Crippen LogP contribution < -0.4 is 37.9 Å². The summed E-state index contributed by atoms with van der Waals surface area (Å²) >= 11 is 0. The van der Waals surface area contributed by atoms with Crippen LogP contribution in [0, 0.1) is 0 Å². The third kappa shape index (κ3) is 10.9. The Labute approximate surface area is 398 Å². The van der Waals surface area contributed by atoms with Crippen molar-refractivity contribution in [3.63, 3.8) is 0 Å². The first-order valence-electron chi connectivity index (χ1n) is 22.7. The van der Waals surface area contributed by atoms with Gasteiger partial charge in [-0.3, -0.25) is 0 Å². The maximum atomic E-state index is 7.35. The van der Waals surface area contributed by atoms with Crippen molar-refractivity contribution in [2.75, 3.05) is 21.3 Å². The van der Waals surface area contributed by atoms with Crippen molar-refractivity contribution in [3.8, 4) is 46.0 Å². The second-order valence-electron chi connectivity index (χ2n) is 16.4. The zero-order valence-corrected chi connectivity index (χ0v) is 38.4. The first-order chi connectivity index (χ1) is 33.6. The number of rotatable bonds is 20. The summed E-state index contributed by atoms with van der Waals surface area (Å²) in [6.45, 7) is 1.56. The van der Waals surface area contributed by atoms with E-state index in [0.29, 0.717) is 65.8 Å². The Balaban J connectivity index is 1.23. The van der Waals surface area contributed by atoms with Gasteiger partial charge in [0.25, 0.3) is 0 Å². The van der Waals surface area contributed by atoms with Crippen molar-refractivity contribution in [2.24, 2.45) is 0 Å². The smallest absolute Gasteiger partial charge is 0.162 e. The molecule has 9 heteroatoms. The zero-order chi connectivity index (χ0) is 46.5. The summed E-state index contributed by atoms with van der Waals surface area (Å²) in [5.74, 6) is 3.87. The first kappa shape index (κ1) is 45.3. The van der Waals surface area contributed by atoms with Crippen molar-refractivity contribution in [1.82, 2.24) is 0 Å². The molecular weight excluding hydrogens is 853 g/mol. The number of hydrogen-bond donors (Lipinski definition) is 0. The van der Waals surface area contributed by atoms with E-state index in [4.69, 9.17) is 42.6 Å². The lowest BCUT2D eigenvalue weighted by Gasteiger charge is -2.41. The van der Waals surface area contributed by atoms with Crippen LogP contribution in [0.15, 0.2) is 194 Å². The minimum Gasteiger partial charge on any atom is -0.496 e. The molecule has 3 atom stereocenters. The topological polar surface area (TPSA) is 83.1 Å². The average Bonchev–Trinajstić information content (AvgIpc) is 3.40. The van der Waals surface area contributed by atoms with Gasteiger partial charge in [0.05, 0.1) is 33.9 Å². The Hall–Kier alpha value is -7.88. The van der Waals surface area contributed by atoms with Crippen LogP contribution in [-0.2, 0) is 37.8 Å². The number of methoxy groups -OCH3 is 3. The van der Waals surface area contributed by atoms with Gasteiger partial charge in [-0.1, -0.05) is 158 Å². The van der Waals surface area contributed by atoms with Crippen molar-refractivity contribution in [2.45, 2.75) is 51.2 Å². The van der Waals surface area contributed by atoms with Gasteiger partial charge in [-0.2, -0.15) is 0 Å². The number of ether oxygens (including phenoxy) is 9. The molecule has 0 aromatic heterocycles. The van der Waals surface area contributed by atoms with E-state index < -0.39 is 18.1 Å². The molecule has 0 aliphatic carbocycles. The monoisotopic (exact) mass is 906 g/mol. The van der Waals surface area contributed by atoms with Crippen molar-refractivity contribution < 1.29 is 42.6 Å². The van der Waals surface area contributed by atoms with Crippen molar-refractivity contribution in [1.29, 1.82) is 0 Å². The largest absolute Gasteiger partial charge is 0.496 e. The number of hydrogen-bond acceptors (Lipinski definition) is 9. The molecule has 1 aliphatic heterocycles. The highest BCUT2D eigenvalue weighted by Crippen LogP contribution is 2.56. The summed E-state index contributed by atoms with van der Waals surface area (Å²) < 4.78 is 59.5. The lowest BCUT2D eigenvalue weighted by atomic mass is 9.78. The number of fused-ring (bicyclic) bond motifs is 1. The molecular formula is C59H54O9. The predicted molar refractivity (Wildman–Crippen MR) is 262 cm³/mol. The highest BCUT2D eigenvalue weighted by molar-refractivity contribution is 5.64. The van der Waals surface area contributed by atoms with Gasteiger partial charge < -0.3 is 42.6 Å². The second-order valence-corrected chi connectivity index (χ2v) is 16.4. The van der Waals surface area contributed by atoms with E-state index >= 15 is 0 Å². The van der Waals surface area contributed by atoms with Gasteiger partial charge in [-0.15, -0.1) is 0 Å². The van der Waals surface area contributed by atoms with E-state index in [1.807, 2.05) is 182 Å². The van der Waals surface area contributed by atoms with Crippen LogP contribution in [0.5, 0.6) is 46.0 Å². The maximum absolute atomic E-state index is 7.35. The van der Waals surface area contributed by atoms with E-state index in [-0.39, 0.29) is 13.2 Å². The van der Waals surface area contributed by atoms with Crippen LogP contribution in [0.1, 0.15) is 56.5 Å². The first-order valence-corrected chi connectivity index (χ1v) is 22.7. The molecule has 0 N–H and O–H groups in total. The van der Waals surface area contributed by atoms with Gasteiger partial charge in [0.2, 0.25) is 0 Å². The summed E-state index contributed by atoms with van der Waals surface area (Å²) in [4.78, 5) is 0. The summed E-state index contributed by atoms with van der Waals surface area (Å²) in [5, 5.41) is 0. The third-order valence-electron chi connectivity index (χ3n) is 11.9.